The summed E-state index contributed by atoms with van der Waals surface area (Å²) in [6.45, 7) is 0. The fraction of sp³-hybridized carbons (Fsp3) is 0.176. The molecular formula is C17H19NO. The van der Waals surface area contributed by atoms with Gasteiger partial charge in [-0.3, -0.25) is 0 Å². The molecule has 0 aliphatic rings. The lowest BCUT2D eigenvalue weighted by Crippen LogP contribution is -2.35. The van der Waals surface area contributed by atoms with Gasteiger partial charge in [-0.25, -0.2) is 0 Å². The standard InChI is InChI=1S/C17H19NO/c18-16(13-15-9-5-2-6-10-15)17(19)12-11-14-7-3-1-4-8-14/h1-12,16-17,19H,13,18H2/b12-11+. The van der Waals surface area contributed by atoms with Crippen molar-refractivity contribution in [2.24, 2.45) is 5.73 Å². The normalized spacial score (nSPS) is 14.4. The monoisotopic (exact) mass is 253 g/mol. The SMILES string of the molecule is NC(Cc1ccccc1)C(O)/C=C/c1ccccc1. The van der Waals surface area contributed by atoms with Crippen molar-refractivity contribution in [1.82, 2.24) is 0 Å². The molecule has 0 aromatic heterocycles. The third kappa shape index (κ3) is 4.36. The van der Waals surface area contributed by atoms with Crippen LogP contribution in [0.3, 0.4) is 0 Å². The molecule has 0 heterocycles. The average molecular weight is 253 g/mol. The molecule has 0 bridgehead atoms. The van der Waals surface area contributed by atoms with Gasteiger partial charge in [0.2, 0.25) is 0 Å². The van der Waals surface area contributed by atoms with Crippen molar-refractivity contribution in [3.63, 3.8) is 0 Å². The smallest absolute Gasteiger partial charge is 0.0878 e. The van der Waals surface area contributed by atoms with E-state index in [1.54, 1.807) is 6.08 Å². The van der Waals surface area contributed by atoms with Gasteiger partial charge in [-0.05, 0) is 17.5 Å². The van der Waals surface area contributed by atoms with Gasteiger partial charge in [0.05, 0.1) is 6.10 Å². The summed E-state index contributed by atoms with van der Waals surface area (Å²) in [7, 11) is 0. The van der Waals surface area contributed by atoms with Gasteiger partial charge in [-0.2, -0.15) is 0 Å². The zero-order valence-electron chi connectivity index (χ0n) is 10.8. The maximum atomic E-state index is 10.0. The largest absolute Gasteiger partial charge is 0.387 e. The third-order valence-electron chi connectivity index (χ3n) is 3.04. The first-order chi connectivity index (χ1) is 9.25. The molecular weight excluding hydrogens is 234 g/mol. The lowest BCUT2D eigenvalue weighted by atomic mass is 10.0. The van der Waals surface area contributed by atoms with E-state index >= 15 is 0 Å². The van der Waals surface area contributed by atoms with Gasteiger partial charge in [-0.1, -0.05) is 72.8 Å². The van der Waals surface area contributed by atoms with Crippen LogP contribution < -0.4 is 5.73 Å². The van der Waals surface area contributed by atoms with Crippen LogP contribution in [0.25, 0.3) is 6.08 Å². The van der Waals surface area contributed by atoms with E-state index in [1.807, 2.05) is 66.7 Å². The van der Waals surface area contributed by atoms with E-state index < -0.39 is 6.10 Å². The Hall–Kier alpha value is -1.90. The maximum Gasteiger partial charge on any atom is 0.0878 e. The molecule has 0 aliphatic carbocycles. The molecule has 2 aromatic carbocycles. The summed E-state index contributed by atoms with van der Waals surface area (Å²) in [6, 6.07) is 19.6. The predicted octanol–water partition coefficient (Wildman–Crippen LogP) is 2.63. The van der Waals surface area contributed by atoms with Crippen LogP contribution in [0, 0.1) is 0 Å². The first-order valence-electron chi connectivity index (χ1n) is 6.46. The second-order valence-corrected chi connectivity index (χ2v) is 4.61. The van der Waals surface area contributed by atoms with Gasteiger partial charge < -0.3 is 10.8 Å². The summed E-state index contributed by atoms with van der Waals surface area (Å²) in [5.41, 5.74) is 8.22. The van der Waals surface area contributed by atoms with Gasteiger partial charge in [0, 0.05) is 6.04 Å². The van der Waals surface area contributed by atoms with Crippen molar-refractivity contribution in [2.45, 2.75) is 18.6 Å². The fourth-order valence-electron chi connectivity index (χ4n) is 1.92. The summed E-state index contributed by atoms with van der Waals surface area (Å²) in [6.07, 6.45) is 3.68. The van der Waals surface area contributed by atoms with E-state index in [-0.39, 0.29) is 6.04 Å². The summed E-state index contributed by atoms with van der Waals surface area (Å²) in [5.74, 6) is 0. The molecule has 0 saturated heterocycles. The number of nitrogens with two attached hydrogens (primary N) is 1. The van der Waals surface area contributed by atoms with Crippen molar-refractivity contribution in [3.05, 3.63) is 77.9 Å². The van der Waals surface area contributed by atoms with Crippen molar-refractivity contribution < 1.29 is 5.11 Å². The number of aliphatic hydroxyl groups excluding tert-OH is 1. The Morgan fingerprint density at radius 2 is 1.53 bits per heavy atom. The highest BCUT2D eigenvalue weighted by Gasteiger charge is 2.11. The molecule has 0 aliphatic heterocycles. The van der Waals surface area contributed by atoms with Crippen LogP contribution in [0.1, 0.15) is 11.1 Å². The van der Waals surface area contributed by atoms with Crippen LogP contribution in [-0.4, -0.2) is 17.3 Å². The van der Waals surface area contributed by atoms with Crippen LogP contribution in [0.15, 0.2) is 66.7 Å². The van der Waals surface area contributed by atoms with Gasteiger partial charge in [0.15, 0.2) is 0 Å². The number of hydrogen-bond acceptors (Lipinski definition) is 2. The molecule has 0 fully saturated rings. The summed E-state index contributed by atoms with van der Waals surface area (Å²) >= 11 is 0. The van der Waals surface area contributed by atoms with E-state index in [0.717, 1.165) is 11.1 Å². The zero-order chi connectivity index (χ0) is 13.5. The predicted molar refractivity (Wildman–Crippen MR) is 79.6 cm³/mol. The first kappa shape index (κ1) is 13.5. The zero-order valence-corrected chi connectivity index (χ0v) is 10.8. The minimum atomic E-state index is -0.639. The van der Waals surface area contributed by atoms with Crippen LogP contribution in [-0.2, 0) is 6.42 Å². The molecule has 0 radical (unpaired) electrons. The lowest BCUT2D eigenvalue weighted by molar-refractivity contribution is 0.191. The van der Waals surface area contributed by atoms with Crippen LogP contribution in [0.4, 0.5) is 0 Å². The Balaban J connectivity index is 1.92. The Morgan fingerprint density at radius 1 is 0.947 bits per heavy atom. The minimum absolute atomic E-state index is 0.289. The second-order valence-electron chi connectivity index (χ2n) is 4.61. The highest BCUT2D eigenvalue weighted by Crippen LogP contribution is 2.07. The Morgan fingerprint density at radius 3 is 2.16 bits per heavy atom. The molecule has 2 unspecified atom stereocenters. The molecule has 2 aromatic rings. The van der Waals surface area contributed by atoms with Crippen molar-refractivity contribution in [2.75, 3.05) is 0 Å². The van der Waals surface area contributed by atoms with E-state index in [9.17, 15) is 5.11 Å². The van der Waals surface area contributed by atoms with Gasteiger partial charge in [0.25, 0.3) is 0 Å². The fourth-order valence-corrected chi connectivity index (χ4v) is 1.92. The molecule has 2 heteroatoms. The average Bonchev–Trinajstić information content (AvgIpc) is 2.47. The lowest BCUT2D eigenvalue weighted by Gasteiger charge is -2.15. The molecule has 2 rings (SSSR count). The number of benzene rings is 2. The Kier molecular flexibility index (Phi) is 4.90. The topological polar surface area (TPSA) is 46.2 Å². The summed E-state index contributed by atoms with van der Waals surface area (Å²) in [5, 5.41) is 10.0. The summed E-state index contributed by atoms with van der Waals surface area (Å²) in [4.78, 5) is 0. The molecule has 0 amide bonds. The number of rotatable bonds is 5. The maximum absolute atomic E-state index is 10.0. The minimum Gasteiger partial charge on any atom is -0.387 e. The molecule has 2 nitrogen and oxygen atoms in total. The number of hydrogen-bond donors (Lipinski definition) is 2. The van der Waals surface area contributed by atoms with Crippen molar-refractivity contribution in [3.8, 4) is 0 Å². The Bertz CT molecular complexity index is 507. The quantitative estimate of drug-likeness (QED) is 0.860. The van der Waals surface area contributed by atoms with E-state index in [4.69, 9.17) is 5.73 Å². The van der Waals surface area contributed by atoms with Gasteiger partial charge in [0.1, 0.15) is 0 Å². The van der Waals surface area contributed by atoms with Crippen LogP contribution in [0.5, 0.6) is 0 Å². The third-order valence-corrected chi connectivity index (χ3v) is 3.04. The molecule has 19 heavy (non-hydrogen) atoms. The molecule has 2 atom stereocenters. The number of aliphatic hydroxyl groups is 1. The van der Waals surface area contributed by atoms with E-state index in [0.29, 0.717) is 6.42 Å². The first-order valence-corrected chi connectivity index (χ1v) is 6.46. The van der Waals surface area contributed by atoms with E-state index in [2.05, 4.69) is 0 Å². The van der Waals surface area contributed by atoms with Crippen LogP contribution >= 0.6 is 0 Å². The van der Waals surface area contributed by atoms with Gasteiger partial charge in [-0.15, -0.1) is 0 Å². The Labute approximate surface area is 114 Å². The molecule has 3 N–H and O–H groups in total. The summed E-state index contributed by atoms with van der Waals surface area (Å²) < 4.78 is 0. The van der Waals surface area contributed by atoms with Crippen molar-refractivity contribution in [1.29, 1.82) is 0 Å². The highest BCUT2D eigenvalue weighted by molar-refractivity contribution is 5.49. The molecule has 98 valence electrons. The molecule has 0 spiro atoms. The van der Waals surface area contributed by atoms with E-state index in [1.165, 1.54) is 0 Å². The van der Waals surface area contributed by atoms with Crippen LogP contribution in [0.2, 0.25) is 0 Å². The second kappa shape index (κ2) is 6.88. The highest BCUT2D eigenvalue weighted by atomic mass is 16.3. The van der Waals surface area contributed by atoms with Crippen molar-refractivity contribution >= 4 is 6.08 Å². The molecule has 0 saturated carbocycles. The van der Waals surface area contributed by atoms with Gasteiger partial charge >= 0.3 is 0 Å².